The quantitative estimate of drug-likeness (QED) is 0.721. The Morgan fingerprint density at radius 2 is 1.92 bits per heavy atom. The highest BCUT2D eigenvalue weighted by molar-refractivity contribution is 6.14. The molecule has 1 fully saturated rings. The number of phenolic OH excluding ortho intramolecular Hbond substituents is 1. The van der Waals surface area contributed by atoms with Crippen LogP contribution in [-0.4, -0.2) is 24.0 Å². The summed E-state index contributed by atoms with van der Waals surface area (Å²) in [5, 5.41) is 10.3. The van der Waals surface area contributed by atoms with E-state index in [0.29, 0.717) is 16.8 Å². The molecule has 1 aliphatic rings. The second-order valence-electron chi connectivity index (χ2n) is 6.10. The molecule has 0 radical (unpaired) electrons. The minimum atomic E-state index is -0.331. The first-order valence-electron chi connectivity index (χ1n) is 8.04. The van der Waals surface area contributed by atoms with Crippen LogP contribution < -0.4 is 10.6 Å². The maximum atomic E-state index is 12.6. The van der Waals surface area contributed by atoms with Crippen LogP contribution in [0.5, 0.6) is 5.75 Å². The summed E-state index contributed by atoms with van der Waals surface area (Å²) < 4.78 is 5.77. The van der Waals surface area contributed by atoms with Gasteiger partial charge in [0.1, 0.15) is 11.3 Å². The van der Waals surface area contributed by atoms with E-state index in [4.69, 9.17) is 10.2 Å². The molecule has 0 bridgehead atoms. The van der Waals surface area contributed by atoms with Gasteiger partial charge in [-0.2, -0.15) is 0 Å². The number of anilines is 2. The molecule has 0 spiro atoms. The third-order valence-electron chi connectivity index (χ3n) is 4.50. The van der Waals surface area contributed by atoms with Gasteiger partial charge in [-0.05, 0) is 37.1 Å². The first-order valence-corrected chi connectivity index (χ1v) is 8.04. The summed E-state index contributed by atoms with van der Waals surface area (Å²) in [6.45, 7) is 2.08. The standard InChI is InChI=1S/C19H18N2O3/c20-17-15-7-6-13(21-8-1-2-9-21)11-16(15)24-19(17)18(23)12-4-3-5-14(22)10-12/h3-7,10-11,22H,1-2,8-9,20H2. The van der Waals surface area contributed by atoms with Gasteiger partial charge in [-0.25, -0.2) is 0 Å². The van der Waals surface area contributed by atoms with Gasteiger partial charge in [0.2, 0.25) is 5.78 Å². The van der Waals surface area contributed by atoms with Gasteiger partial charge in [-0.3, -0.25) is 4.79 Å². The largest absolute Gasteiger partial charge is 0.508 e. The number of rotatable bonds is 3. The molecule has 1 saturated heterocycles. The number of fused-ring (bicyclic) bond motifs is 1. The number of nitrogens with two attached hydrogens (primary N) is 1. The highest BCUT2D eigenvalue weighted by Gasteiger charge is 2.21. The van der Waals surface area contributed by atoms with E-state index < -0.39 is 0 Å². The van der Waals surface area contributed by atoms with Crippen LogP contribution in [0.25, 0.3) is 11.0 Å². The summed E-state index contributed by atoms with van der Waals surface area (Å²) in [7, 11) is 0. The number of phenols is 1. The maximum Gasteiger partial charge on any atom is 0.230 e. The monoisotopic (exact) mass is 322 g/mol. The second-order valence-corrected chi connectivity index (χ2v) is 6.10. The molecular weight excluding hydrogens is 304 g/mol. The average molecular weight is 322 g/mol. The number of aromatic hydroxyl groups is 1. The minimum absolute atomic E-state index is 0.0341. The molecule has 5 nitrogen and oxygen atoms in total. The fourth-order valence-corrected chi connectivity index (χ4v) is 3.22. The van der Waals surface area contributed by atoms with E-state index >= 15 is 0 Å². The molecule has 24 heavy (non-hydrogen) atoms. The zero-order chi connectivity index (χ0) is 16.7. The first-order chi connectivity index (χ1) is 11.6. The van der Waals surface area contributed by atoms with Gasteiger partial charge >= 0.3 is 0 Å². The smallest absolute Gasteiger partial charge is 0.230 e. The SMILES string of the molecule is Nc1c(C(=O)c2cccc(O)c2)oc2cc(N3CCCC3)ccc12. The number of hydrogen-bond acceptors (Lipinski definition) is 5. The number of nitrogen functional groups attached to an aromatic ring is 1. The Labute approximate surface area is 139 Å². The van der Waals surface area contributed by atoms with Crippen LogP contribution in [0, 0.1) is 0 Å². The van der Waals surface area contributed by atoms with E-state index in [1.54, 1.807) is 12.1 Å². The molecule has 2 heterocycles. The molecule has 4 rings (SSSR count). The van der Waals surface area contributed by atoms with Crippen molar-refractivity contribution in [3.05, 3.63) is 53.8 Å². The van der Waals surface area contributed by atoms with E-state index in [-0.39, 0.29) is 17.3 Å². The predicted octanol–water partition coefficient (Wildman–Crippen LogP) is 3.55. The number of furan rings is 1. The molecule has 122 valence electrons. The number of nitrogens with zero attached hydrogens (tertiary/aromatic N) is 1. The molecule has 5 heteroatoms. The van der Waals surface area contributed by atoms with Crippen LogP contribution in [-0.2, 0) is 0 Å². The van der Waals surface area contributed by atoms with E-state index in [0.717, 1.165) is 24.2 Å². The van der Waals surface area contributed by atoms with Crippen molar-refractivity contribution in [3.8, 4) is 5.75 Å². The summed E-state index contributed by atoms with van der Waals surface area (Å²) in [6.07, 6.45) is 2.39. The Bertz CT molecular complexity index is 924. The van der Waals surface area contributed by atoms with Gasteiger partial charge < -0.3 is 20.2 Å². The van der Waals surface area contributed by atoms with Crippen molar-refractivity contribution in [1.82, 2.24) is 0 Å². The zero-order valence-electron chi connectivity index (χ0n) is 13.2. The zero-order valence-corrected chi connectivity index (χ0v) is 13.2. The fourth-order valence-electron chi connectivity index (χ4n) is 3.22. The van der Waals surface area contributed by atoms with Gasteiger partial charge in [-0.1, -0.05) is 12.1 Å². The van der Waals surface area contributed by atoms with Crippen molar-refractivity contribution in [2.75, 3.05) is 23.7 Å². The lowest BCUT2D eigenvalue weighted by Gasteiger charge is -2.16. The van der Waals surface area contributed by atoms with Crippen LogP contribution in [0.2, 0.25) is 0 Å². The molecule has 3 N–H and O–H groups in total. The number of carbonyl (C=O) groups excluding carboxylic acids is 1. The fraction of sp³-hybridized carbons (Fsp3) is 0.211. The van der Waals surface area contributed by atoms with Crippen LogP contribution in [0.15, 0.2) is 46.9 Å². The Morgan fingerprint density at radius 3 is 2.67 bits per heavy atom. The Hall–Kier alpha value is -2.95. The summed E-state index contributed by atoms with van der Waals surface area (Å²) in [6, 6.07) is 12.0. The predicted molar refractivity (Wildman–Crippen MR) is 93.6 cm³/mol. The molecule has 1 aromatic heterocycles. The van der Waals surface area contributed by atoms with Crippen LogP contribution in [0.1, 0.15) is 29.0 Å². The molecule has 0 amide bonds. The van der Waals surface area contributed by atoms with Gasteiger partial charge in [0.15, 0.2) is 5.76 Å². The Morgan fingerprint density at radius 1 is 1.12 bits per heavy atom. The molecule has 0 atom stereocenters. The molecule has 0 saturated carbocycles. The lowest BCUT2D eigenvalue weighted by Crippen LogP contribution is -2.17. The molecular formula is C19H18N2O3. The second kappa shape index (κ2) is 5.60. The molecule has 3 aromatic rings. The number of benzene rings is 2. The van der Waals surface area contributed by atoms with Crippen LogP contribution in [0.4, 0.5) is 11.4 Å². The van der Waals surface area contributed by atoms with Crippen LogP contribution >= 0.6 is 0 Å². The third kappa shape index (κ3) is 2.38. The topological polar surface area (TPSA) is 79.7 Å². The van der Waals surface area contributed by atoms with E-state index in [9.17, 15) is 9.90 Å². The average Bonchev–Trinajstić information content (AvgIpc) is 3.22. The van der Waals surface area contributed by atoms with Crippen molar-refractivity contribution < 1.29 is 14.3 Å². The third-order valence-corrected chi connectivity index (χ3v) is 4.50. The molecule has 2 aromatic carbocycles. The lowest BCUT2D eigenvalue weighted by molar-refractivity contribution is 0.101. The van der Waals surface area contributed by atoms with Crippen molar-refractivity contribution >= 4 is 28.1 Å². The number of hydrogen-bond donors (Lipinski definition) is 2. The van der Waals surface area contributed by atoms with Gasteiger partial charge in [0, 0.05) is 35.8 Å². The van der Waals surface area contributed by atoms with E-state index in [1.165, 1.54) is 25.0 Å². The highest BCUT2D eigenvalue weighted by Crippen LogP contribution is 2.33. The number of ketones is 1. The van der Waals surface area contributed by atoms with E-state index in [1.807, 2.05) is 18.2 Å². The molecule has 0 unspecified atom stereocenters. The lowest BCUT2D eigenvalue weighted by atomic mass is 10.1. The maximum absolute atomic E-state index is 12.6. The van der Waals surface area contributed by atoms with Crippen LogP contribution in [0.3, 0.4) is 0 Å². The number of carbonyl (C=O) groups is 1. The van der Waals surface area contributed by atoms with Crippen molar-refractivity contribution in [2.45, 2.75) is 12.8 Å². The summed E-state index contributed by atoms with van der Waals surface area (Å²) in [4.78, 5) is 14.9. The summed E-state index contributed by atoms with van der Waals surface area (Å²) in [5.41, 5.74) is 8.51. The molecule has 1 aliphatic heterocycles. The van der Waals surface area contributed by atoms with Crippen molar-refractivity contribution in [3.63, 3.8) is 0 Å². The highest BCUT2D eigenvalue weighted by atomic mass is 16.3. The summed E-state index contributed by atoms with van der Waals surface area (Å²) >= 11 is 0. The normalized spacial score (nSPS) is 14.4. The minimum Gasteiger partial charge on any atom is -0.508 e. The van der Waals surface area contributed by atoms with E-state index in [2.05, 4.69) is 4.90 Å². The summed E-state index contributed by atoms with van der Waals surface area (Å²) in [5.74, 6) is -0.177. The van der Waals surface area contributed by atoms with Gasteiger partial charge in [0.05, 0.1) is 5.69 Å². The van der Waals surface area contributed by atoms with Crippen molar-refractivity contribution in [2.24, 2.45) is 0 Å². The Kier molecular flexibility index (Phi) is 3.41. The van der Waals surface area contributed by atoms with Gasteiger partial charge in [0.25, 0.3) is 0 Å². The first kappa shape index (κ1) is 14.6. The van der Waals surface area contributed by atoms with Gasteiger partial charge in [-0.15, -0.1) is 0 Å². The Balaban J connectivity index is 1.76. The molecule has 0 aliphatic carbocycles. The van der Waals surface area contributed by atoms with Crippen molar-refractivity contribution in [1.29, 1.82) is 0 Å².